The molecule has 0 saturated carbocycles. The standard InChI is InChI=1S/C42H26N4/c43-27-29-11-15-31(16-12-29)37-23-38(32-17-13-30(28-44)14-18-32)25-39(24-37)33-19-21-36(22-20-33)42-45-40(34-7-3-1-4-8-34)26-41(46-42)35-9-5-2-6-10-35/h1-26H. The Kier molecular flexibility index (Phi) is 7.68. The molecule has 0 saturated heterocycles. The Labute approximate surface area is 268 Å². The number of benzene rings is 6. The molecule has 6 aromatic carbocycles. The van der Waals surface area contributed by atoms with Crippen LogP contribution >= 0.6 is 0 Å². The average Bonchev–Trinajstić information content (AvgIpc) is 3.15. The Bertz CT molecular complexity index is 2090. The van der Waals surface area contributed by atoms with Gasteiger partial charge in [0.15, 0.2) is 5.82 Å². The highest BCUT2D eigenvalue weighted by Crippen LogP contribution is 2.34. The molecule has 4 nitrogen and oxygen atoms in total. The molecule has 0 aliphatic rings. The third kappa shape index (κ3) is 5.92. The van der Waals surface area contributed by atoms with Gasteiger partial charge in [-0.25, -0.2) is 9.97 Å². The second-order valence-corrected chi connectivity index (χ2v) is 10.9. The average molecular weight is 587 g/mol. The van der Waals surface area contributed by atoms with Crippen LogP contribution in [0.4, 0.5) is 0 Å². The van der Waals surface area contributed by atoms with E-state index in [4.69, 9.17) is 9.97 Å². The molecule has 0 amide bonds. The maximum atomic E-state index is 9.30. The minimum absolute atomic E-state index is 0.622. The first-order valence-corrected chi connectivity index (χ1v) is 14.9. The number of nitrogens with zero attached hydrogens (tertiary/aromatic N) is 4. The molecule has 0 aliphatic carbocycles. The molecule has 214 valence electrons. The normalized spacial score (nSPS) is 10.6. The first kappa shape index (κ1) is 28.2. The van der Waals surface area contributed by atoms with Gasteiger partial charge in [-0.3, -0.25) is 0 Å². The molecule has 1 aromatic heterocycles. The fourth-order valence-electron chi connectivity index (χ4n) is 5.50. The van der Waals surface area contributed by atoms with Gasteiger partial charge in [-0.05, 0) is 81.9 Å². The van der Waals surface area contributed by atoms with Gasteiger partial charge >= 0.3 is 0 Å². The monoisotopic (exact) mass is 586 g/mol. The molecule has 4 heteroatoms. The molecular formula is C42H26N4. The van der Waals surface area contributed by atoms with Crippen LogP contribution in [0.25, 0.3) is 67.3 Å². The number of hydrogen-bond donors (Lipinski definition) is 0. The van der Waals surface area contributed by atoms with Crippen molar-refractivity contribution in [2.45, 2.75) is 0 Å². The van der Waals surface area contributed by atoms with E-state index >= 15 is 0 Å². The first-order valence-electron chi connectivity index (χ1n) is 14.9. The first-order chi connectivity index (χ1) is 22.7. The van der Waals surface area contributed by atoms with Crippen LogP contribution in [-0.2, 0) is 0 Å². The lowest BCUT2D eigenvalue weighted by Crippen LogP contribution is -1.96. The summed E-state index contributed by atoms with van der Waals surface area (Å²) in [5, 5.41) is 18.6. The molecule has 0 radical (unpaired) electrons. The predicted octanol–water partition coefficient (Wildman–Crippen LogP) is 10.2. The molecule has 0 spiro atoms. The molecule has 46 heavy (non-hydrogen) atoms. The molecule has 7 aromatic rings. The maximum absolute atomic E-state index is 9.30. The molecule has 0 fully saturated rings. The molecule has 7 rings (SSSR count). The fourth-order valence-corrected chi connectivity index (χ4v) is 5.50. The molecule has 0 atom stereocenters. The van der Waals surface area contributed by atoms with Crippen molar-refractivity contribution < 1.29 is 0 Å². The van der Waals surface area contributed by atoms with Gasteiger partial charge in [0.25, 0.3) is 0 Å². The summed E-state index contributed by atoms with van der Waals surface area (Å²) in [7, 11) is 0. The van der Waals surface area contributed by atoms with Crippen molar-refractivity contribution in [3.8, 4) is 79.4 Å². The van der Waals surface area contributed by atoms with Gasteiger partial charge in [-0.1, -0.05) is 109 Å². The Morgan fingerprint density at radius 3 is 1.04 bits per heavy atom. The Morgan fingerprint density at radius 1 is 0.326 bits per heavy atom. The maximum Gasteiger partial charge on any atom is 0.160 e. The summed E-state index contributed by atoms with van der Waals surface area (Å²) >= 11 is 0. The zero-order chi connectivity index (χ0) is 31.3. The lowest BCUT2D eigenvalue weighted by atomic mass is 9.92. The van der Waals surface area contributed by atoms with Crippen molar-refractivity contribution in [3.63, 3.8) is 0 Å². The van der Waals surface area contributed by atoms with E-state index < -0.39 is 0 Å². The molecule has 1 heterocycles. The van der Waals surface area contributed by atoms with Crippen LogP contribution in [-0.4, -0.2) is 9.97 Å². The quantitative estimate of drug-likeness (QED) is 0.194. The fraction of sp³-hybridized carbons (Fsp3) is 0. The van der Waals surface area contributed by atoms with Crippen LogP contribution in [0.15, 0.2) is 158 Å². The molecule has 0 bridgehead atoms. The molecule has 0 N–H and O–H groups in total. The van der Waals surface area contributed by atoms with Crippen molar-refractivity contribution in [2.75, 3.05) is 0 Å². The summed E-state index contributed by atoms with van der Waals surface area (Å²) < 4.78 is 0. The van der Waals surface area contributed by atoms with Gasteiger partial charge in [-0.15, -0.1) is 0 Å². The van der Waals surface area contributed by atoms with E-state index in [1.165, 1.54) is 0 Å². The van der Waals surface area contributed by atoms with Crippen molar-refractivity contribution in [1.29, 1.82) is 10.5 Å². The number of aromatic nitrogens is 2. The van der Waals surface area contributed by atoms with E-state index in [2.05, 4.69) is 78.9 Å². The van der Waals surface area contributed by atoms with E-state index in [0.29, 0.717) is 17.0 Å². The van der Waals surface area contributed by atoms with E-state index in [9.17, 15) is 10.5 Å². The van der Waals surface area contributed by atoms with Crippen LogP contribution < -0.4 is 0 Å². The number of hydrogen-bond acceptors (Lipinski definition) is 4. The summed E-state index contributed by atoms with van der Waals surface area (Å²) in [6, 6.07) is 56.9. The van der Waals surface area contributed by atoms with E-state index in [0.717, 1.165) is 61.5 Å². The van der Waals surface area contributed by atoms with E-state index in [1.54, 1.807) is 0 Å². The zero-order valence-electron chi connectivity index (χ0n) is 24.8. The second-order valence-electron chi connectivity index (χ2n) is 10.9. The molecule has 0 unspecified atom stereocenters. The largest absolute Gasteiger partial charge is 0.228 e. The molecular weight excluding hydrogens is 560 g/mol. The minimum atomic E-state index is 0.622. The highest BCUT2D eigenvalue weighted by Gasteiger charge is 2.12. The summed E-state index contributed by atoms with van der Waals surface area (Å²) in [6.07, 6.45) is 0. The highest BCUT2D eigenvalue weighted by atomic mass is 14.9. The van der Waals surface area contributed by atoms with Crippen molar-refractivity contribution in [2.24, 2.45) is 0 Å². The van der Waals surface area contributed by atoms with Gasteiger partial charge in [0, 0.05) is 16.7 Å². The van der Waals surface area contributed by atoms with E-state index in [-0.39, 0.29) is 0 Å². The third-order valence-electron chi connectivity index (χ3n) is 7.97. The second kappa shape index (κ2) is 12.5. The summed E-state index contributed by atoms with van der Waals surface area (Å²) in [5.74, 6) is 0.663. The van der Waals surface area contributed by atoms with Gasteiger partial charge in [0.05, 0.1) is 34.7 Å². The van der Waals surface area contributed by atoms with Crippen LogP contribution in [0.1, 0.15) is 11.1 Å². The van der Waals surface area contributed by atoms with Crippen LogP contribution in [0.5, 0.6) is 0 Å². The number of rotatable bonds is 6. The lowest BCUT2D eigenvalue weighted by molar-refractivity contribution is 1.18. The van der Waals surface area contributed by atoms with Crippen LogP contribution in [0.2, 0.25) is 0 Å². The van der Waals surface area contributed by atoms with Gasteiger partial charge in [0.1, 0.15) is 0 Å². The SMILES string of the molecule is N#Cc1ccc(-c2cc(-c3ccc(C#N)cc3)cc(-c3ccc(-c4nc(-c5ccccc5)cc(-c5ccccc5)n4)cc3)c2)cc1. The summed E-state index contributed by atoms with van der Waals surface area (Å²) in [5.41, 5.74) is 12.2. The van der Waals surface area contributed by atoms with Gasteiger partial charge in [0.2, 0.25) is 0 Å². The van der Waals surface area contributed by atoms with Crippen molar-refractivity contribution in [1.82, 2.24) is 9.97 Å². The minimum Gasteiger partial charge on any atom is -0.228 e. The third-order valence-corrected chi connectivity index (χ3v) is 7.97. The Hall–Kier alpha value is -6.62. The van der Waals surface area contributed by atoms with Crippen molar-refractivity contribution in [3.05, 3.63) is 169 Å². The topological polar surface area (TPSA) is 73.4 Å². The van der Waals surface area contributed by atoms with Crippen LogP contribution in [0, 0.1) is 22.7 Å². The van der Waals surface area contributed by atoms with Crippen molar-refractivity contribution >= 4 is 0 Å². The highest BCUT2D eigenvalue weighted by molar-refractivity contribution is 5.82. The predicted molar refractivity (Wildman–Crippen MR) is 184 cm³/mol. The Morgan fingerprint density at radius 2 is 0.674 bits per heavy atom. The smallest absolute Gasteiger partial charge is 0.160 e. The van der Waals surface area contributed by atoms with E-state index in [1.807, 2.05) is 91.0 Å². The summed E-state index contributed by atoms with van der Waals surface area (Å²) in [4.78, 5) is 9.96. The molecule has 0 aliphatic heterocycles. The van der Waals surface area contributed by atoms with Crippen LogP contribution in [0.3, 0.4) is 0 Å². The summed E-state index contributed by atoms with van der Waals surface area (Å²) in [6.45, 7) is 0. The van der Waals surface area contributed by atoms with Gasteiger partial charge in [-0.2, -0.15) is 10.5 Å². The zero-order valence-corrected chi connectivity index (χ0v) is 24.8. The van der Waals surface area contributed by atoms with Gasteiger partial charge < -0.3 is 0 Å². The lowest BCUT2D eigenvalue weighted by Gasteiger charge is -2.13. The number of nitriles is 2. The Balaban J connectivity index is 1.30.